The number of benzene rings is 3. The summed E-state index contributed by atoms with van der Waals surface area (Å²) < 4.78 is 69.4. The van der Waals surface area contributed by atoms with E-state index < -0.39 is 25.9 Å². The van der Waals surface area contributed by atoms with Crippen LogP contribution in [0.2, 0.25) is 0 Å². The van der Waals surface area contributed by atoms with Gasteiger partial charge in [0.05, 0.1) is 51.4 Å². The van der Waals surface area contributed by atoms with Crippen LogP contribution in [-0.2, 0) is 48.8 Å². The zero-order chi connectivity index (χ0) is 50.7. The van der Waals surface area contributed by atoms with E-state index >= 15 is 0 Å². The highest BCUT2D eigenvalue weighted by Gasteiger charge is 2.36. The first-order valence-electron chi connectivity index (χ1n) is 24.9. The summed E-state index contributed by atoms with van der Waals surface area (Å²) in [5, 5.41) is 2.05. The van der Waals surface area contributed by atoms with E-state index in [-0.39, 0.29) is 50.0 Å². The molecule has 3 aromatic rings. The predicted molar refractivity (Wildman–Crippen MR) is 279 cm³/mol. The number of carbonyl (C=O) groups is 3. The van der Waals surface area contributed by atoms with E-state index in [1.165, 1.54) is 10.8 Å². The third-order valence-corrected chi connectivity index (χ3v) is 18.1. The summed E-state index contributed by atoms with van der Waals surface area (Å²) in [6.07, 6.45) is 5.80. The van der Waals surface area contributed by atoms with E-state index in [9.17, 15) is 27.4 Å². The highest BCUT2D eigenvalue weighted by molar-refractivity contribution is 8.77. The van der Waals surface area contributed by atoms with Crippen molar-refractivity contribution in [1.29, 1.82) is 0 Å². The molecule has 0 aromatic heterocycles. The van der Waals surface area contributed by atoms with Crippen molar-refractivity contribution in [1.82, 2.24) is 9.80 Å². The van der Waals surface area contributed by atoms with E-state index in [4.69, 9.17) is 28.4 Å². The molecule has 7 rings (SSSR count). The lowest BCUT2D eigenvalue weighted by molar-refractivity contribution is -0.118. The summed E-state index contributed by atoms with van der Waals surface area (Å²) in [5.74, 6) is 1.61. The first-order chi connectivity index (χ1) is 34.1. The van der Waals surface area contributed by atoms with Gasteiger partial charge in [0.15, 0.2) is 17.3 Å². The molecule has 3 atom stereocenters. The standard InChI is InChI=1S/C52H72N4O12S3/c1-7-45(57)49(71(60,61)62)14-23-69-70-52(3,4)34-54(17-18-65-21-22-66-20-19-63-5)41-26-36(32-67-46-28-38-12-13-39-10-8-15-55(39)50(58)42(38)24-35(46)2)25-37(27-41)33-68-48-30-44-43(29-47(48)64-6)51(59)56-16-9-11-40(56)31-53-44/h24-30,39-40,49,53H,7-23,31-34H2,1-6H3,(H,60,61,62)/t39-,40-,49?/m0/s1. The Labute approximate surface area is 427 Å². The lowest BCUT2D eigenvalue weighted by Crippen LogP contribution is -2.38. The molecule has 3 aromatic carbocycles. The Balaban J connectivity index is 1.15. The Morgan fingerprint density at radius 3 is 2.20 bits per heavy atom. The summed E-state index contributed by atoms with van der Waals surface area (Å²) in [4.78, 5) is 46.0. The minimum absolute atomic E-state index is 0.00791. The molecule has 0 bridgehead atoms. The average molecular weight is 1040 g/mol. The van der Waals surface area contributed by atoms with Crippen LogP contribution in [0.25, 0.3) is 0 Å². The molecule has 390 valence electrons. The molecule has 16 nitrogen and oxygen atoms in total. The maximum atomic E-state index is 13.7. The van der Waals surface area contributed by atoms with Crippen molar-refractivity contribution in [2.45, 2.75) is 114 Å². The summed E-state index contributed by atoms with van der Waals surface area (Å²) in [7, 11) is 1.73. The molecule has 4 aliphatic rings. The normalized spacial score (nSPS) is 18.2. The van der Waals surface area contributed by atoms with E-state index in [0.717, 1.165) is 90.9 Å². The molecule has 2 amide bonds. The van der Waals surface area contributed by atoms with Crippen molar-refractivity contribution in [2.24, 2.45) is 0 Å². The van der Waals surface area contributed by atoms with E-state index in [1.807, 2.05) is 34.9 Å². The van der Waals surface area contributed by atoms with Crippen molar-refractivity contribution >= 4 is 60.7 Å². The lowest BCUT2D eigenvalue weighted by Gasteiger charge is -2.34. The Kier molecular flexibility index (Phi) is 19.3. The van der Waals surface area contributed by atoms with Crippen LogP contribution in [-0.4, -0.2) is 148 Å². The summed E-state index contributed by atoms with van der Waals surface area (Å²) in [6.45, 7) is 13.6. The van der Waals surface area contributed by atoms with Gasteiger partial charge in [-0.3, -0.25) is 18.9 Å². The molecule has 0 spiro atoms. The summed E-state index contributed by atoms with van der Waals surface area (Å²) in [5.41, 5.74) is 6.58. The van der Waals surface area contributed by atoms with Crippen LogP contribution in [0.1, 0.15) is 109 Å². The van der Waals surface area contributed by atoms with E-state index in [2.05, 4.69) is 42.3 Å². The van der Waals surface area contributed by atoms with Crippen LogP contribution >= 0.6 is 21.6 Å². The molecule has 2 saturated heterocycles. The number of carbonyl (C=O) groups excluding carboxylic acids is 3. The smallest absolute Gasteiger partial charge is 0.275 e. The monoisotopic (exact) mass is 1040 g/mol. The van der Waals surface area contributed by atoms with Gasteiger partial charge in [-0.25, -0.2) is 0 Å². The number of anilines is 2. The Hall–Kier alpha value is -4.24. The number of ether oxygens (including phenoxy) is 6. The fourth-order valence-electron chi connectivity index (χ4n) is 9.92. The van der Waals surface area contributed by atoms with Gasteiger partial charge in [-0.05, 0) is 124 Å². The van der Waals surface area contributed by atoms with Gasteiger partial charge in [0.25, 0.3) is 21.9 Å². The topological polar surface area (TPSA) is 183 Å². The number of aryl methyl sites for hydroxylation is 2. The number of ketones is 1. The Morgan fingerprint density at radius 1 is 0.845 bits per heavy atom. The van der Waals surface area contributed by atoms with Crippen LogP contribution in [0.15, 0.2) is 42.5 Å². The number of methoxy groups -OCH3 is 2. The highest BCUT2D eigenvalue weighted by Crippen LogP contribution is 2.40. The fourth-order valence-corrected chi connectivity index (χ4v) is 13.6. The quantitative estimate of drug-likeness (QED) is 0.0425. The largest absolute Gasteiger partial charge is 0.493 e. The third-order valence-electron chi connectivity index (χ3n) is 13.6. The molecule has 1 unspecified atom stereocenters. The number of nitrogens with zero attached hydrogens (tertiary/aromatic N) is 3. The molecular formula is C52H72N4O12S3. The van der Waals surface area contributed by atoms with Crippen molar-refractivity contribution in [3.05, 3.63) is 75.8 Å². The zero-order valence-corrected chi connectivity index (χ0v) is 44.6. The number of rotatable bonds is 27. The molecule has 0 radical (unpaired) electrons. The van der Waals surface area contributed by atoms with Crippen LogP contribution < -0.4 is 24.4 Å². The van der Waals surface area contributed by atoms with Crippen molar-refractivity contribution in [2.75, 3.05) is 95.9 Å². The van der Waals surface area contributed by atoms with Crippen molar-refractivity contribution in [3.63, 3.8) is 0 Å². The molecule has 2 fully saturated rings. The number of Topliss-reactive ketones (excluding diaryl/α,β-unsaturated/α-hetero) is 1. The van der Waals surface area contributed by atoms with Gasteiger partial charge in [-0.15, -0.1) is 0 Å². The number of fused-ring (bicyclic) bond motifs is 4. The van der Waals surface area contributed by atoms with Crippen molar-refractivity contribution < 1.29 is 55.8 Å². The number of nitrogens with one attached hydrogen (secondary N) is 1. The number of hydrogen-bond donors (Lipinski definition) is 2. The van der Waals surface area contributed by atoms with Gasteiger partial charge < -0.3 is 48.4 Å². The Morgan fingerprint density at radius 2 is 1.51 bits per heavy atom. The van der Waals surface area contributed by atoms with Gasteiger partial charge in [0.2, 0.25) is 0 Å². The van der Waals surface area contributed by atoms with Crippen LogP contribution in [0.5, 0.6) is 17.2 Å². The predicted octanol–water partition coefficient (Wildman–Crippen LogP) is 8.01. The number of amides is 2. The van der Waals surface area contributed by atoms with Gasteiger partial charge in [0, 0.05) is 86.2 Å². The van der Waals surface area contributed by atoms with Gasteiger partial charge >= 0.3 is 0 Å². The second kappa shape index (κ2) is 25.1. The van der Waals surface area contributed by atoms with Crippen molar-refractivity contribution in [3.8, 4) is 17.2 Å². The first-order valence-corrected chi connectivity index (χ1v) is 28.7. The molecule has 71 heavy (non-hydrogen) atoms. The van der Waals surface area contributed by atoms with Gasteiger partial charge in [-0.2, -0.15) is 8.42 Å². The molecule has 0 aliphatic carbocycles. The molecule has 4 aliphatic heterocycles. The second-order valence-electron chi connectivity index (χ2n) is 19.3. The molecular weight excluding hydrogens is 969 g/mol. The minimum atomic E-state index is -4.52. The molecule has 0 saturated carbocycles. The summed E-state index contributed by atoms with van der Waals surface area (Å²) >= 11 is 0. The Bertz CT molecular complexity index is 2460. The molecule has 4 heterocycles. The SMILES string of the molecule is CCC(=O)C(CCSSC(C)(C)CN(CCOCCOCCOC)c1cc(COc2cc3c(cc2C)C(=O)N2CCC[C@H]2CC3)cc(COc2cc3c(cc2OC)C(=O)N2CCC[C@H]2CN3)c1)S(=O)(=O)O. The molecule has 19 heteroatoms. The van der Waals surface area contributed by atoms with E-state index in [1.54, 1.807) is 38.0 Å². The zero-order valence-electron chi connectivity index (χ0n) is 42.1. The lowest BCUT2D eigenvalue weighted by atomic mass is 9.99. The average Bonchev–Trinajstić information content (AvgIpc) is 3.98. The molecule has 2 N–H and O–H groups in total. The van der Waals surface area contributed by atoms with Crippen LogP contribution in [0.4, 0.5) is 11.4 Å². The van der Waals surface area contributed by atoms with Crippen LogP contribution in [0, 0.1) is 6.92 Å². The maximum absolute atomic E-state index is 13.7. The fraction of sp³-hybridized carbons (Fsp3) is 0.596. The van der Waals surface area contributed by atoms with Crippen LogP contribution in [0.3, 0.4) is 0 Å². The first kappa shape index (κ1) is 54.5. The summed E-state index contributed by atoms with van der Waals surface area (Å²) in [6, 6.07) is 14.3. The third kappa shape index (κ3) is 14.3. The minimum Gasteiger partial charge on any atom is -0.493 e. The van der Waals surface area contributed by atoms with Gasteiger partial charge in [0.1, 0.15) is 24.2 Å². The van der Waals surface area contributed by atoms with E-state index in [0.29, 0.717) is 81.2 Å². The van der Waals surface area contributed by atoms with Gasteiger partial charge in [-0.1, -0.05) is 28.5 Å². The highest BCUT2D eigenvalue weighted by atomic mass is 33.1. The second-order valence-corrected chi connectivity index (χ2v) is 24.1. The maximum Gasteiger partial charge on any atom is 0.275 e. The number of hydrogen-bond acceptors (Lipinski definition) is 15.